The number of hydrogen-bond acceptors (Lipinski definition) is 7. The molecular formula is C25H31BrClN3O5. The summed E-state index contributed by atoms with van der Waals surface area (Å²) in [6.45, 7) is 6.33. The highest BCUT2D eigenvalue weighted by Gasteiger charge is 2.24. The molecule has 3 N–H and O–H groups in total. The van der Waals surface area contributed by atoms with Gasteiger partial charge in [0.25, 0.3) is 0 Å². The monoisotopic (exact) mass is 567 g/mol. The minimum Gasteiger partial charge on any atom is -0.491 e. The number of rotatable bonds is 12. The lowest BCUT2D eigenvalue weighted by Gasteiger charge is -2.27. The van der Waals surface area contributed by atoms with Gasteiger partial charge in [-0.3, -0.25) is 0 Å². The van der Waals surface area contributed by atoms with Crippen molar-refractivity contribution in [1.29, 1.82) is 0 Å². The summed E-state index contributed by atoms with van der Waals surface area (Å²) in [5.41, 5.74) is 3.11. The van der Waals surface area contributed by atoms with Gasteiger partial charge in [-0.1, -0.05) is 37.3 Å². The maximum absolute atomic E-state index is 10.3. The molecule has 0 aliphatic heterocycles. The van der Waals surface area contributed by atoms with Crippen LogP contribution in [0.3, 0.4) is 0 Å². The highest BCUT2D eigenvalue weighted by atomic mass is 79.9. The average molecular weight is 569 g/mol. The lowest BCUT2D eigenvalue weighted by Crippen LogP contribution is -2.25. The van der Waals surface area contributed by atoms with Crippen LogP contribution in [-0.2, 0) is 18.6 Å². The first-order valence-electron chi connectivity index (χ1n) is 11.2. The predicted molar refractivity (Wildman–Crippen MR) is 137 cm³/mol. The highest BCUT2D eigenvalue weighted by molar-refractivity contribution is 9.10. The summed E-state index contributed by atoms with van der Waals surface area (Å²) >= 11 is 9.18. The summed E-state index contributed by atoms with van der Waals surface area (Å²) in [4.78, 5) is 0. The van der Waals surface area contributed by atoms with Crippen molar-refractivity contribution in [2.45, 2.75) is 51.5 Å². The van der Waals surface area contributed by atoms with Crippen molar-refractivity contribution in [2.24, 2.45) is 0 Å². The van der Waals surface area contributed by atoms with Crippen LogP contribution in [0.15, 0.2) is 46.9 Å². The normalized spacial score (nSPS) is 13.5. The molecule has 0 saturated heterocycles. The first-order chi connectivity index (χ1) is 16.6. The Labute approximate surface area is 218 Å². The van der Waals surface area contributed by atoms with E-state index in [4.69, 9.17) is 21.1 Å². The van der Waals surface area contributed by atoms with Crippen LogP contribution in [0, 0.1) is 6.92 Å². The Balaban J connectivity index is 1.60. The number of nitrogens with zero attached hydrogens (tertiary/aromatic N) is 3. The lowest BCUT2D eigenvalue weighted by atomic mass is 9.78. The van der Waals surface area contributed by atoms with Crippen molar-refractivity contribution in [3.05, 3.63) is 69.5 Å². The molecule has 2 atom stereocenters. The Hall–Kier alpha value is -2.17. The van der Waals surface area contributed by atoms with E-state index in [1.54, 1.807) is 11.6 Å². The molecule has 0 aliphatic rings. The van der Waals surface area contributed by atoms with Crippen LogP contribution in [0.1, 0.15) is 36.4 Å². The molecular weight excluding hydrogens is 538 g/mol. The summed E-state index contributed by atoms with van der Waals surface area (Å²) in [7, 11) is 0. The molecule has 10 heteroatoms. The molecule has 1 aromatic heterocycles. The number of aliphatic hydroxyl groups excluding tert-OH is 3. The van der Waals surface area contributed by atoms with Gasteiger partial charge in [0.2, 0.25) is 0 Å². The van der Waals surface area contributed by atoms with Crippen LogP contribution in [0.4, 0.5) is 0 Å². The molecule has 0 bridgehead atoms. The fourth-order valence-electron chi connectivity index (χ4n) is 3.53. The summed E-state index contributed by atoms with van der Waals surface area (Å²) in [5, 5.41) is 37.0. The van der Waals surface area contributed by atoms with Crippen molar-refractivity contribution < 1.29 is 24.8 Å². The zero-order valence-electron chi connectivity index (χ0n) is 20.0. The van der Waals surface area contributed by atoms with Crippen LogP contribution in [0.25, 0.3) is 0 Å². The molecule has 35 heavy (non-hydrogen) atoms. The predicted octanol–water partition coefficient (Wildman–Crippen LogP) is 3.59. The summed E-state index contributed by atoms with van der Waals surface area (Å²) in [6.07, 6.45) is -1.49. The maximum atomic E-state index is 10.3. The second-order valence-corrected chi connectivity index (χ2v) is 10.0. The number of benzene rings is 2. The van der Waals surface area contributed by atoms with Gasteiger partial charge < -0.3 is 24.8 Å². The number of aromatic nitrogens is 3. The summed E-state index contributed by atoms with van der Waals surface area (Å²) in [5.74, 6) is 1.41. The molecule has 0 radical (unpaired) electrons. The van der Waals surface area contributed by atoms with Crippen molar-refractivity contribution >= 4 is 27.5 Å². The molecule has 0 fully saturated rings. The Morgan fingerprint density at radius 2 is 1.69 bits per heavy atom. The smallest absolute Gasteiger partial charge is 0.133 e. The molecule has 0 spiro atoms. The quantitative estimate of drug-likeness (QED) is 0.287. The van der Waals surface area contributed by atoms with Gasteiger partial charge in [-0.05, 0) is 58.2 Å². The molecule has 190 valence electrons. The van der Waals surface area contributed by atoms with Crippen molar-refractivity contribution in [2.75, 3.05) is 19.1 Å². The second kappa shape index (κ2) is 12.2. The van der Waals surface area contributed by atoms with Gasteiger partial charge in [-0.15, -0.1) is 16.7 Å². The molecule has 0 amide bonds. The molecule has 3 rings (SSSR count). The van der Waals surface area contributed by atoms with Crippen molar-refractivity contribution in [3.8, 4) is 11.5 Å². The number of ether oxygens (including phenoxy) is 2. The van der Waals surface area contributed by atoms with Gasteiger partial charge in [0, 0.05) is 5.41 Å². The van der Waals surface area contributed by atoms with E-state index in [0.717, 1.165) is 21.3 Å². The van der Waals surface area contributed by atoms with E-state index in [-0.39, 0.29) is 37.7 Å². The zero-order valence-corrected chi connectivity index (χ0v) is 22.3. The van der Waals surface area contributed by atoms with E-state index in [1.165, 1.54) is 0 Å². The molecule has 0 unspecified atom stereocenters. The molecule has 8 nitrogen and oxygen atoms in total. The third-order valence-corrected chi connectivity index (χ3v) is 6.87. The van der Waals surface area contributed by atoms with Crippen LogP contribution < -0.4 is 9.47 Å². The van der Waals surface area contributed by atoms with E-state index < -0.39 is 12.2 Å². The number of halogens is 2. The first-order valence-corrected chi connectivity index (χ1v) is 12.6. The fraction of sp³-hybridized carbons (Fsp3) is 0.440. The van der Waals surface area contributed by atoms with Gasteiger partial charge in [-0.2, -0.15) is 0 Å². The summed E-state index contributed by atoms with van der Waals surface area (Å²) < 4.78 is 13.8. The standard InChI is InChI=1S/C25H31BrClN3O5/c1-16-23(13-31)28-29-30(16)12-20(33)15-34-21-7-4-17(5-8-21)25(2,3)18-6-9-24(22(26)10-18)35-14-19(32)11-27/h4-10,19-20,31-33H,11-15H2,1-3H3/t19-,20+/m1/s1. The van der Waals surface area contributed by atoms with Gasteiger partial charge >= 0.3 is 0 Å². The lowest BCUT2D eigenvalue weighted by molar-refractivity contribution is 0.0882. The molecule has 0 aliphatic carbocycles. The van der Waals surface area contributed by atoms with Crippen LogP contribution in [-0.4, -0.2) is 61.6 Å². The van der Waals surface area contributed by atoms with Gasteiger partial charge in [0.05, 0.1) is 29.2 Å². The Kier molecular flexibility index (Phi) is 9.54. The van der Waals surface area contributed by atoms with E-state index in [9.17, 15) is 15.3 Å². The third-order valence-electron chi connectivity index (χ3n) is 5.89. The minimum atomic E-state index is -0.776. The van der Waals surface area contributed by atoms with E-state index in [1.807, 2.05) is 42.5 Å². The van der Waals surface area contributed by atoms with E-state index >= 15 is 0 Å². The topological polar surface area (TPSA) is 110 Å². The Bertz CT molecular complexity index is 1110. The Morgan fingerprint density at radius 1 is 1.03 bits per heavy atom. The zero-order chi connectivity index (χ0) is 25.6. The third kappa shape index (κ3) is 6.95. The van der Waals surface area contributed by atoms with Crippen LogP contribution in [0.5, 0.6) is 11.5 Å². The average Bonchev–Trinajstić information content (AvgIpc) is 3.20. The van der Waals surface area contributed by atoms with Crippen LogP contribution >= 0.6 is 27.5 Å². The first kappa shape index (κ1) is 27.4. The van der Waals surface area contributed by atoms with Crippen LogP contribution in [0.2, 0.25) is 0 Å². The minimum absolute atomic E-state index is 0.101. The maximum Gasteiger partial charge on any atom is 0.133 e. The highest BCUT2D eigenvalue weighted by Crippen LogP contribution is 2.36. The van der Waals surface area contributed by atoms with Crippen molar-refractivity contribution in [3.63, 3.8) is 0 Å². The molecule has 2 aromatic carbocycles. The van der Waals surface area contributed by atoms with E-state index in [0.29, 0.717) is 17.2 Å². The number of aliphatic hydroxyl groups is 3. The fourth-order valence-corrected chi connectivity index (χ4v) is 4.11. The van der Waals surface area contributed by atoms with Gasteiger partial charge in [0.15, 0.2) is 0 Å². The summed E-state index contributed by atoms with van der Waals surface area (Å²) in [6, 6.07) is 13.7. The number of alkyl halides is 1. The van der Waals surface area contributed by atoms with Gasteiger partial charge in [-0.25, -0.2) is 4.68 Å². The van der Waals surface area contributed by atoms with Gasteiger partial charge in [0.1, 0.15) is 42.6 Å². The number of hydrogen-bond donors (Lipinski definition) is 3. The molecule has 3 aromatic rings. The second-order valence-electron chi connectivity index (χ2n) is 8.84. The SMILES string of the molecule is Cc1c(CO)nnn1C[C@H](O)COc1ccc(C(C)(C)c2ccc(OC[C@H](O)CCl)c(Br)c2)cc1. The largest absolute Gasteiger partial charge is 0.491 e. The van der Waals surface area contributed by atoms with E-state index in [2.05, 4.69) is 40.1 Å². The molecule has 0 saturated carbocycles. The Morgan fingerprint density at radius 3 is 2.29 bits per heavy atom. The molecule has 1 heterocycles. The van der Waals surface area contributed by atoms with Crippen molar-refractivity contribution in [1.82, 2.24) is 15.0 Å².